The summed E-state index contributed by atoms with van der Waals surface area (Å²) in [5, 5.41) is 0. The van der Waals surface area contributed by atoms with Crippen LogP contribution in [0.1, 0.15) is 44.6 Å². The highest BCUT2D eigenvalue weighted by atomic mass is 16.5. The van der Waals surface area contributed by atoms with Gasteiger partial charge in [0.15, 0.2) is 5.78 Å². The van der Waals surface area contributed by atoms with Crippen LogP contribution in [0, 0.1) is 5.92 Å². The lowest BCUT2D eigenvalue weighted by atomic mass is 9.83. The fraction of sp³-hybridized carbons (Fsp3) is 0.571. The van der Waals surface area contributed by atoms with E-state index < -0.39 is 5.60 Å². The first kappa shape index (κ1) is 12.2. The zero-order valence-corrected chi connectivity index (χ0v) is 10.9. The molecule has 1 aromatic heterocycles. The van der Waals surface area contributed by atoms with Crippen LogP contribution in [-0.2, 0) is 4.74 Å². The van der Waals surface area contributed by atoms with Crippen molar-refractivity contribution in [2.75, 3.05) is 0 Å². The molecule has 2 rings (SSSR count). The number of hydrogen-bond donors (Lipinski definition) is 0. The Hall–Kier alpha value is -1.22. The number of nitrogens with zero attached hydrogens (tertiary/aromatic N) is 1. The summed E-state index contributed by atoms with van der Waals surface area (Å²) in [5.74, 6) is -0.0337. The van der Waals surface area contributed by atoms with Gasteiger partial charge in [-0.3, -0.25) is 9.78 Å². The summed E-state index contributed by atoms with van der Waals surface area (Å²) in [7, 11) is 0. The molecule has 1 aliphatic rings. The molecule has 0 radical (unpaired) electrons. The molecule has 3 heteroatoms. The third-order valence-electron chi connectivity index (χ3n) is 3.31. The Bertz CT molecular complexity index is 423. The Morgan fingerprint density at radius 1 is 1.35 bits per heavy atom. The largest absolute Gasteiger partial charge is 0.369 e. The molecule has 1 unspecified atom stereocenters. The van der Waals surface area contributed by atoms with Crippen molar-refractivity contribution in [3.63, 3.8) is 0 Å². The average molecular weight is 233 g/mol. The van der Waals surface area contributed by atoms with Crippen LogP contribution >= 0.6 is 0 Å². The summed E-state index contributed by atoms with van der Waals surface area (Å²) in [6.45, 7) is 8.02. The number of pyridine rings is 1. The van der Waals surface area contributed by atoms with Gasteiger partial charge in [-0.1, -0.05) is 6.07 Å². The molecule has 0 spiro atoms. The Labute approximate surface area is 102 Å². The molecule has 3 nitrogen and oxygen atoms in total. The second-order valence-corrected chi connectivity index (χ2v) is 5.80. The van der Waals surface area contributed by atoms with E-state index in [1.54, 1.807) is 12.3 Å². The molecule has 1 aromatic rings. The third kappa shape index (κ3) is 2.39. The summed E-state index contributed by atoms with van der Waals surface area (Å²) in [5.41, 5.74) is -0.122. The molecule has 0 N–H and O–H groups in total. The van der Waals surface area contributed by atoms with Crippen LogP contribution < -0.4 is 0 Å². The number of carbonyl (C=O) groups excluding carboxylic acids is 1. The second-order valence-electron chi connectivity index (χ2n) is 5.80. The monoisotopic (exact) mass is 233 g/mol. The van der Waals surface area contributed by atoms with Gasteiger partial charge in [0.1, 0.15) is 5.69 Å². The summed E-state index contributed by atoms with van der Waals surface area (Å²) < 4.78 is 5.94. The van der Waals surface area contributed by atoms with Crippen LogP contribution in [0.25, 0.3) is 0 Å². The minimum Gasteiger partial charge on any atom is -0.369 e. The molecule has 0 amide bonds. The molecule has 0 bridgehead atoms. The molecule has 1 aliphatic heterocycles. The Balaban J connectivity index is 2.27. The SMILES string of the molecule is CC1(C)CC(C(=O)c2ccccn2)C(C)(C)O1. The van der Waals surface area contributed by atoms with Crippen molar-refractivity contribution >= 4 is 5.78 Å². The molecule has 0 aliphatic carbocycles. The van der Waals surface area contributed by atoms with Gasteiger partial charge in [0.25, 0.3) is 0 Å². The van der Waals surface area contributed by atoms with E-state index in [1.165, 1.54) is 0 Å². The third-order valence-corrected chi connectivity index (χ3v) is 3.31. The molecule has 0 saturated carbocycles. The summed E-state index contributed by atoms with van der Waals surface area (Å²) >= 11 is 0. The van der Waals surface area contributed by atoms with Crippen molar-refractivity contribution in [3.05, 3.63) is 30.1 Å². The number of ether oxygens (including phenoxy) is 1. The molecule has 17 heavy (non-hydrogen) atoms. The highest BCUT2D eigenvalue weighted by Crippen LogP contribution is 2.43. The maximum absolute atomic E-state index is 12.4. The lowest BCUT2D eigenvalue weighted by molar-refractivity contribution is -0.0712. The first-order chi connectivity index (χ1) is 7.82. The van der Waals surface area contributed by atoms with Gasteiger partial charge in [0, 0.05) is 6.20 Å². The van der Waals surface area contributed by atoms with Crippen molar-refractivity contribution in [2.45, 2.75) is 45.3 Å². The molecule has 1 saturated heterocycles. The van der Waals surface area contributed by atoms with Gasteiger partial charge >= 0.3 is 0 Å². The maximum Gasteiger partial charge on any atom is 0.187 e. The van der Waals surface area contributed by atoms with Crippen molar-refractivity contribution in [1.82, 2.24) is 4.98 Å². The average Bonchev–Trinajstić information content (AvgIpc) is 2.47. The molecule has 2 heterocycles. The number of aromatic nitrogens is 1. The van der Waals surface area contributed by atoms with Crippen LogP contribution in [0.2, 0.25) is 0 Å². The number of rotatable bonds is 2. The summed E-state index contributed by atoms with van der Waals surface area (Å²) in [6, 6.07) is 5.43. The van der Waals surface area contributed by atoms with Crippen LogP contribution in [0.3, 0.4) is 0 Å². The van der Waals surface area contributed by atoms with Gasteiger partial charge < -0.3 is 4.74 Å². The zero-order valence-electron chi connectivity index (χ0n) is 10.9. The fourth-order valence-electron chi connectivity index (χ4n) is 2.66. The maximum atomic E-state index is 12.4. The smallest absolute Gasteiger partial charge is 0.187 e. The number of carbonyl (C=O) groups is 1. The standard InChI is InChI=1S/C14H19NO2/c1-13(2)9-10(14(3,4)17-13)12(16)11-7-5-6-8-15-11/h5-8,10H,9H2,1-4H3. The van der Waals surface area contributed by atoms with Gasteiger partial charge in [-0.2, -0.15) is 0 Å². The summed E-state index contributed by atoms with van der Waals surface area (Å²) in [4.78, 5) is 16.5. The topological polar surface area (TPSA) is 39.2 Å². The first-order valence-corrected chi connectivity index (χ1v) is 5.97. The van der Waals surface area contributed by atoms with Crippen LogP contribution in [0.5, 0.6) is 0 Å². The normalized spacial score (nSPS) is 25.8. The quantitative estimate of drug-likeness (QED) is 0.737. The highest BCUT2D eigenvalue weighted by Gasteiger charge is 2.49. The number of ketones is 1. The molecular formula is C14H19NO2. The van der Waals surface area contributed by atoms with Crippen LogP contribution in [0.4, 0.5) is 0 Å². The Kier molecular flexibility index (Phi) is 2.82. The fourth-order valence-corrected chi connectivity index (χ4v) is 2.66. The van der Waals surface area contributed by atoms with E-state index >= 15 is 0 Å². The molecule has 1 fully saturated rings. The van der Waals surface area contributed by atoms with E-state index in [0.29, 0.717) is 5.69 Å². The van der Waals surface area contributed by atoms with E-state index in [-0.39, 0.29) is 17.3 Å². The van der Waals surface area contributed by atoms with Gasteiger partial charge in [0.2, 0.25) is 0 Å². The van der Waals surface area contributed by atoms with E-state index in [4.69, 9.17) is 4.74 Å². The highest BCUT2D eigenvalue weighted by molar-refractivity contribution is 5.97. The molecular weight excluding hydrogens is 214 g/mol. The molecule has 92 valence electrons. The van der Waals surface area contributed by atoms with Crippen LogP contribution in [0.15, 0.2) is 24.4 Å². The van der Waals surface area contributed by atoms with E-state index in [2.05, 4.69) is 4.98 Å². The molecule has 1 atom stereocenters. The number of hydrogen-bond acceptors (Lipinski definition) is 3. The summed E-state index contributed by atoms with van der Waals surface area (Å²) in [6.07, 6.45) is 2.40. The second kappa shape index (κ2) is 3.91. The minimum absolute atomic E-state index is 0.0844. The van der Waals surface area contributed by atoms with E-state index in [1.807, 2.05) is 39.8 Å². The number of Topliss-reactive ketones (excluding diaryl/α,β-unsaturated/α-hetero) is 1. The Morgan fingerprint density at radius 3 is 2.53 bits per heavy atom. The van der Waals surface area contributed by atoms with Gasteiger partial charge in [0.05, 0.1) is 17.1 Å². The van der Waals surface area contributed by atoms with Crippen molar-refractivity contribution < 1.29 is 9.53 Å². The van der Waals surface area contributed by atoms with Gasteiger partial charge in [-0.15, -0.1) is 0 Å². The van der Waals surface area contributed by atoms with E-state index in [9.17, 15) is 4.79 Å². The van der Waals surface area contributed by atoms with Crippen LogP contribution in [-0.4, -0.2) is 22.0 Å². The zero-order chi connectivity index (χ0) is 12.7. The predicted molar refractivity (Wildman–Crippen MR) is 65.9 cm³/mol. The van der Waals surface area contributed by atoms with Crippen molar-refractivity contribution in [1.29, 1.82) is 0 Å². The lowest BCUT2D eigenvalue weighted by Crippen LogP contribution is -2.34. The predicted octanol–water partition coefficient (Wildman–Crippen LogP) is 2.86. The molecule has 0 aromatic carbocycles. The van der Waals surface area contributed by atoms with Gasteiger partial charge in [-0.05, 0) is 46.2 Å². The Morgan fingerprint density at radius 2 is 2.06 bits per heavy atom. The van der Waals surface area contributed by atoms with Gasteiger partial charge in [-0.25, -0.2) is 0 Å². The lowest BCUT2D eigenvalue weighted by Gasteiger charge is -2.26. The first-order valence-electron chi connectivity index (χ1n) is 5.97. The van der Waals surface area contributed by atoms with Crippen molar-refractivity contribution in [2.24, 2.45) is 5.92 Å². The van der Waals surface area contributed by atoms with E-state index in [0.717, 1.165) is 6.42 Å². The minimum atomic E-state index is -0.419. The van der Waals surface area contributed by atoms with Crippen molar-refractivity contribution in [3.8, 4) is 0 Å².